The molecule has 4 heteroatoms. The molecule has 0 spiro atoms. The van der Waals surface area contributed by atoms with Gasteiger partial charge in [0.1, 0.15) is 5.75 Å². The van der Waals surface area contributed by atoms with Crippen molar-refractivity contribution in [3.63, 3.8) is 0 Å². The van der Waals surface area contributed by atoms with Gasteiger partial charge in [-0.1, -0.05) is 42.0 Å². The molecule has 0 aliphatic rings. The number of nitrogens with one attached hydrogen (secondary N) is 1. The number of rotatable bonds is 10. The number of hydrogen-bond acceptors (Lipinski definition) is 3. The van der Waals surface area contributed by atoms with E-state index in [1.807, 2.05) is 43.3 Å². The summed E-state index contributed by atoms with van der Waals surface area (Å²) in [4.78, 5) is 13.6. The van der Waals surface area contributed by atoms with Gasteiger partial charge in [-0.25, -0.2) is 0 Å². The highest BCUT2D eigenvalue weighted by molar-refractivity contribution is 7.98. The molecule has 0 atom stereocenters. The van der Waals surface area contributed by atoms with E-state index >= 15 is 0 Å². The van der Waals surface area contributed by atoms with Crippen molar-refractivity contribution in [3.05, 3.63) is 95.1 Å². The molecule has 1 amide bonds. The van der Waals surface area contributed by atoms with Crippen molar-refractivity contribution < 1.29 is 9.53 Å². The molecule has 1 N–H and O–H groups in total. The van der Waals surface area contributed by atoms with E-state index in [9.17, 15) is 4.79 Å². The number of aryl methyl sites for hydroxylation is 2. The quantitative estimate of drug-likeness (QED) is 0.321. The van der Waals surface area contributed by atoms with Crippen LogP contribution in [-0.4, -0.2) is 19.1 Å². The van der Waals surface area contributed by atoms with Crippen LogP contribution >= 0.6 is 11.8 Å². The molecule has 0 saturated heterocycles. The Morgan fingerprint density at radius 1 is 0.900 bits per heavy atom. The summed E-state index contributed by atoms with van der Waals surface area (Å²) in [5, 5.41) is 3.01. The lowest BCUT2D eigenvalue weighted by Crippen LogP contribution is -2.24. The van der Waals surface area contributed by atoms with Crippen molar-refractivity contribution in [3.8, 4) is 5.75 Å². The Hall–Kier alpha value is -2.72. The first-order valence-corrected chi connectivity index (χ1v) is 11.4. The van der Waals surface area contributed by atoms with Crippen molar-refractivity contribution in [1.29, 1.82) is 0 Å². The van der Waals surface area contributed by atoms with E-state index in [4.69, 9.17) is 4.74 Å². The fourth-order valence-electron chi connectivity index (χ4n) is 3.07. The monoisotopic (exact) mass is 419 g/mol. The standard InChI is InChI=1S/C26H29NO2S/c1-3-29-24-14-10-21(11-15-24)5-4-18-27-26(28)23-12-8-22(9-13-23)19-30-25-16-6-20(2)7-17-25/h6-17H,3-5,18-19H2,1-2H3,(H,27,28). The maximum Gasteiger partial charge on any atom is 0.251 e. The lowest BCUT2D eigenvalue weighted by atomic mass is 10.1. The van der Waals surface area contributed by atoms with Gasteiger partial charge in [-0.05, 0) is 74.2 Å². The smallest absolute Gasteiger partial charge is 0.251 e. The molecule has 0 unspecified atom stereocenters. The summed E-state index contributed by atoms with van der Waals surface area (Å²) in [7, 11) is 0. The van der Waals surface area contributed by atoms with E-state index in [0.29, 0.717) is 18.7 Å². The molecule has 30 heavy (non-hydrogen) atoms. The summed E-state index contributed by atoms with van der Waals surface area (Å²) in [5.74, 6) is 1.78. The van der Waals surface area contributed by atoms with Crippen molar-refractivity contribution in [2.75, 3.05) is 13.2 Å². The zero-order valence-corrected chi connectivity index (χ0v) is 18.5. The highest BCUT2D eigenvalue weighted by Crippen LogP contribution is 2.23. The molecule has 0 bridgehead atoms. The Balaban J connectivity index is 1.39. The fraction of sp³-hybridized carbons (Fsp3) is 0.269. The van der Waals surface area contributed by atoms with Crippen LogP contribution < -0.4 is 10.1 Å². The maximum atomic E-state index is 12.4. The van der Waals surface area contributed by atoms with Crippen LogP contribution in [0.4, 0.5) is 0 Å². The van der Waals surface area contributed by atoms with Crippen LogP contribution in [0.15, 0.2) is 77.7 Å². The van der Waals surface area contributed by atoms with Gasteiger partial charge < -0.3 is 10.1 Å². The lowest BCUT2D eigenvalue weighted by molar-refractivity contribution is 0.0953. The molecule has 0 fully saturated rings. The molecular formula is C26H29NO2S. The first-order valence-electron chi connectivity index (χ1n) is 10.4. The molecule has 0 heterocycles. The average molecular weight is 420 g/mol. The van der Waals surface area contributed by atoms with E-state index in [-0.39, 0.29) is 5.91 Å². The zero-order valence-electron chi connectivity index (χ0n) is 17.7. The molecule has 0 aliphatic heterocycles. The van der Waals surface area contributed by atoms with Gasteiger partial charge in [-0.15, -0.1) is 11.8 Å². The molecule has 3 aromatic rings. The Morgan fingerprint density at radius 3 is 2.23 bits per heavy atom. The van der Waals surface area contributed by atoms with Crippen LogP contribution in [0, 0.1) is 6.92 Å². The van der Waals surface area contributed by atoms with Crippen molar-refractivity contribution >= 4 is 17.7 Å². The van der Waals surface area contributed by atoms with Gasteiger partial charge >= 0.3 is 0 Å². The van der Waals surface area contributed by atoms with Crippen LogP contribution in [0.5, 0.6) is 5.75 Å². The second kappa shape index (κ2) is 11.5. The maximum absolute atomic E-state index is 12.4. The molecule has 0 aromatic heterocycles. The summed E-state index contributed by atoms with van der Waals surface area (Å²) in [6.07, 6.45) is 1.84. The third-order valence-electron chi connectivity index (χ3n) is 4.80. The molecule has 3 aromatic carbocycles. The SMILES string of the molecule is CCOc1ccc(CCCNC(=O)c2ccc(CSc3ccc(C)cc3)cc2)cc1. The number of carbonyl (C=O) groups excluding carboxylic acids is 1. The lowest BCUT2D eigenvalue weighted by Gasteiger charge is -2.08. The number of thioether (sulfide) groups is 1. The second-order valence-electron chi connectivity index (χ2n) is 7.24. The molecule has 0 radical (unpaired) electrons. The minimum atomic E-state index is -0.0144. The molecule has 0 saturated carbocycles. The number of carbonyl (C=O) groups is 1. The zero-order chi connectivity index (χ0) is 21.2. The molecule has 0 aliphatic carbocycles. The Kier molecular flexibility index (Phi) is 8.40. The van der Waals surface area contributed by atoms with Crippen LogP contribution in [-0.2, 0) is 12.2 Å². The number of amides is 1. The Labute approximate surface area is 183 Å². The van der Waals surface area contributed by atoms with Crippen LogP contribution in [0.3, 0.4) is 0 Å². The third kappa shape index (κ3) is 6.96. The minimum Gasteiger partial charge on any atom is -0.494 e. The molecule has 3 nitrogen and oxygen atoms in total. The van der Waals surface area contributed by atoms with E-state index in [2.05, 4.69) is 48.6 Å². The summed E-state index contributed by atoms with van der Waals surface area (Å²) in [6, 6.07) is 24.6. The predicted molar refractivity (Wildman–Crippen MR) is 125 cm³/mol. The van der Waals surface area contributed by atoms with Crippen molar-refractivity contribution in [1.82, 2.24) is 5.32 Å². The van der Waals surface area contributed by atoms with Crippen molar-refractivity contribution in [2.24, 2.45) is 0 Å². The molecule has 156 valence electrons. The van der Waals surface area contributed by atoms with Gasteiger partial charge in [-0.3, -0.25) is 4.79 Å². The van der Waals surface area contributed by atoms with E-state index < -0.39 is 0 Å². The van der Waals surface area contributed by atoms with E-state index in [0.717, 1.165) is 24.3 Å². The Morgan fingerprint density at radius 2 is 1.57 bits per heavy atom. The normalized spacial score (nSPS) is 10.6. The topological polar surface area (TPSA) is 38.3 Å². The summed E-state index contributed by atoms with van der Waals surface area (Å²) in [5.41, 5.74) is 4.45. The number of hydrogen-bond donors (Lipinski definition) is 1. The summed E-state index contributed by atoms with van der Waals surface area (Å²) >= 11 is 1.81. The number of benzene rings is 3. The van der Waals surface area contributed by atoms with Crippen LogP contribution in [0.2, 0.25) is 0 Å². The van der Waals surface area contributed by atoms with E-state index in [1.54, 1.807) is 11.8 Å². The minimum absolute atomic E-state index is 0.0144. The predicted octanol–water partition coefficient (Wildman–Crippen LogP) is 6.05. The average Bonchev–Trinajstić information content (AvgIpc) is 2.78. The van der Waals surface area contributed by atoms with E-state index in [1.165, 1.54) is 21.6 Å². The van der Waals surface area contributed by atoms with Gasteiger partial charge in [0.2, 0.25) is 0 Å². The highest BCUT2D eigenvalue weighted by Gasteiger charge is 2.05. The first kappa shape index (κ1) is 22.0. The molecular weight excluding hydrogens is 390 g/mol. The largest absolute Gasteiger partial charge is 0.494 e. The van der Waals surface area contributed by atoms with Crippen LogP contribution in [0.25, 0.3) is 0 Å². The van der Waals surface area contributed by atoms with Gasteiger partial charge in [0, 0.05) is 22.8 Å². The Bertz CT molecular complexity index is 919. The second-order valence-corrected chi connectivity index (χ2v) is 8.28. The van der Waals surface area contributed by atoms with Gasteiger partial charge in [0.05, 0.1) is 6.61 Å². The highest BCUT2D eigenvalue weighted by atomic mass is 32.2. The van der Waals surface area contributed by atoms with Crippen LogP contribution in [0.1, 0.15) is 40.4 Å². The van der Waals surface area contributed by atoms with Gasteiger partial charge in [0.25, 0.3) is 5.91 Å². The number of ether oxygens (including phenoxy) is 1. The summed E-state index contributed by atoms with van der Waals surface area (Å²) < 4.78 is 5.46. The first-order chi connectivity index (χ1) is 14.6. The molecule has 3 rings (SSSR count). The fourth-order valence-corrected chi connectivity index (χ4v) is 3.92. The summed E-state index contributed by atoms with van der Waals surface area (Å²) in [6.45, 7) is 5.42. The van der Waals surface area contributed by atoms with Gasteiger partial charge in [0.15, 0.2) is 0 Å². The van der Waals surface area contributed by atoms with Gasteiger partial charge in [-0.2, -0.15) is 0 Å². The third-order valence-corrected chi connectivity index (χ3v) is 5.89. The van der Waals surface area contributed by atoms with Crippen molar-refractivity contribution in [2.45, 2.75) is 37.3 Å².